The Labute approximate surface area is 155 Å². The number of aromatic hydroxyl groups is 1. The zero-order chi connectivity index (χ0) is 19.4. The molecule has 1 aliphatic rings. The van der Waals surface area contributed by atoms with Crippen LogP contribution in [-0.4, -0.2) is 30.1 Å². The quantitative estimate of drug-likeness (QED) is 0.586. The van der Waals surface area contributed by atoms with Gasteiger partial charge in [0.2, 0.25) is 0 Å². The number of benzene rings is 1. The Morgan fingerprint density at radius 1 is 1.27 bits per heavy atom. The summed E-state index contributed by atoms with van der Waals surface area (Å²) in [6.45, 7) is 7.52. The smallest absolute Gasteiger partial charge is 0.306 e. The van der Waals surface area contributed by atoms with E-state index in [0.29, 0.717) is 49.0 Å². The molecule has 1 aliphatic carbocycles. The third-order valence-electron chi connectivity index (χ3n) is 4.72. The maximum absolute atomic E-state index is 12.1. The summed E-state index contributed by atoms with van der Waals surface area (Å²) >= 11 is 0. The molecule has 0 aromatic heterocycles. The number of Topliss-reactive ketones (excluding diaryl/α,β-unsaturated/α-hetero) is 1. The van der Waals surface area contributed by atoms with Crippen molar-refractivity contribution < 1.29 is 24.2 Å². The van der Waals surface area contributed by atoms with Crippen LogP contribution in [0.15, 0.2) is 11.6 Å². The molecule has 0 unspecified atom stereocenters. The minimum Gasteiger partial charge on any atom is -0.507 e. The van der Waals surface area contributed by atoms with Gasteiger partial charge in [0.15, 0.2) is 5.78 Å². The van der Waals surface area contributed by atoms with E-state index in [1.807, 2.05) is 33.8 Å². The zero-order valence-electron chi connectivity index (χ0n) is 16.3. The number of phenols is 1. The van der Waals surface area contributed by atoms with Gasteiger partial charge in [-0.15, -0.1) is 0 Å². The van der Waals surface area contributed by atoms with Crippen molar-refractivity contribution in [3.8, 4) is 11.5 Å². The van der Waals surface area contributed by atoms with Crippen LogP contribution >= 0.6 is 0 Å². The molecule has 0 amide bonds. The van der Waals surface area contributed by atoms with E-state index < -0.39 is 0 Å². The van der Waals surface area contributed by atoms with Crippen LogP contribution in [0.5, 0.6) is 11.5 Å². The topological polar surface area (TPSA) is 72.8 Å². The summed E-state index contributed by atoms with van der Waals surface area (Å²) in [5.41, 5.74) is 3.92. The number of hydrogen-bond donors (Lipinski definition) is 1. The van der Waals surface area contributed by atoms with Crippen molar-refractivity contribution in [2.24, 2.45) is 0 Å². The lowest BCUT2D eigenvalue weighted by atomic mass is 9.94. The molecule has 0 bridgehead atoms. The molecule has 1 N–H and O–H groups in total. The van der Waals surface area contributed by atoms with E-state index in [9.17, 15) is 14.7 Å². The average molecular weight is 360 g/mol. The molecule has 0 heterocycles. The highest BCUT2D eigenvalue weighted by molar-refractivity contribution is 6.04. The summed E-state index contributed by atoms with van der Waals surface area (Å²) in [6, 6.07) is 0. The van der Waals surface area contributed by atoms with Crippen molar-refractivity contribution in [3.63, 3.8) is 0 Å². The SMILES string of the molecule is COc1c(C)c2c(c(O)c1C/C=C(\C)CCC(=O)OC(C)C)C(=O)CC2. The number of hydrogen-bond acceptors (Lipinski definition) is 5. The van der Waals surface area contributed by atoms with Crippen LogP contribution in [0.25, 0.3) is 0 Å². The van der Waals surface area contributed by atoms with Gasteiger partial charge >= 0.3 is 5.97 Å². The molecule has 142 valence electrons. The number of allylic oxidation sites excluding steroid dienone is 2. The molecular formula is C21H28O5. The molecule has 0 fully saturated rings. The molecule has 0 aliphatic heterocycles. The van der Waals surface area contributed by atoms with Gasteiger partial charge in [0.1, 0.15) is 11.5 Å². The number of methoxy groups -OCH3 is 1. The molecule has 0 spiro atoms. The van der Waals surface area contributed by atoms with Gasteiger partial charge < -0.3 is 14.6 Å². The predicted octanol–water partition coefficient (Wildman–Crippen LogP) is 4.06. The second kappa shape index (κ2) is 8.39. The minimum absolute atomic E-state index is 0.0124. The van der Waals surface area contributed by atoms with Crippen LogP contribution in [0.1, 0.15) is 67.1 Å². The van der Waals surface area contributed by atoms with Gasteiger partial charge in [0.05, 0.1) is 18.8 Å². The predicted molar refractivity (Wildman–Crippen MR) is 100.0 cm³/mol. The average Bonchev–Trinajstić information content (AvgIpc) is 2.96. The maximum Gasteiger partial charge on any atom is 0.306 e. The Balaban J connectivity index is 2.19. The van der Waals surface area contributed by atoms with Gasteiger partial charge in [-0.1, -0.05) is 11.6 Å². The highest BCUT2D eigenvalue weighted by atomic mass is 16.5. The van der Waals surface area contributed by atoms with E-state index in [1.54, 1.807) is 7.11 Å². The summed E-state index contributed by atoms with van der Waals surface area (Å²) in [5.74, 6) is 0.446. The van der Waals surface area contributed by atoms with E-state index in [2.05, 4.69) is 0 Å². The number of carbonyl (C=O) groups is 2. The van der Waals surface area contributed by atoms with E-state index in [4.69, 9.17) is 9.47 Å². The monoisotopic (exact) mass is 360 g/mol. The summed E-state index contributed by atoms with van der Waals surface area (Å²) in [7, 11) is 1.58. The number of phenolic OH excluding ortho intramolecular Hbond substituents is 1. The summed E-state index contributed by atoms with van der Waals surface area (Å²) < 4.78 is 10.7. The van der Waals surface area contributed by atoms with Gasteiger partial charge in [-0.2, -0.15) is 0 Å². The van der Waals surface area contributed by atoms with Crippen LogP contribution in [0.4, 0.5) is 0 Å². The zero-order valence-corrected chi connectivity index (χ0v) is 16.3. The summed E-state index contributed by atoms with van der Waals surface area (Å²) in [6.07, 6.45) is 4.30. The van der Waals surface area contributed by atoms with Crippen LogP contribution in [0, 0.1) is 6.92 Å². The Bertz CT molecular complexity index is 744. The van der Waals surface area contributed by atoms with Crippen molar-refractivity contribution in [1.82, 2.24) is 0 Å². The van der Waals surface area contributed by atoms with Crippen LogP contribution in [0.2, 0.25) is 0 Å². The molecule has 26 heavy (non-hydrogen) atoms. The lowest BCUT2D eigenvalue weighted by Gasteiger charge is -2.17. The first kappa shape index (κ1) is 20.0. The number of esters is 1. The number of ketones is 1. The molecule has 0 atom stereocenters. The number of ether oxygens (including phenoxy) is 2. The Kier molecular flexibility index (Phi) is 6.46. The number of fused-ring (bicyclic) bond motifs is 1. The highest BCUT2D eigenvalue weighted by Crippen LogP contribution is 2.42. The van der Waals surface area contributed by atoms with E-state index in [-0.39, 0.29) is 23.6 Å². The fourth-order valence-corrected chi connectivity index (χ4v) is 3.39. The Morgan fingerprint density at radius 3 is 2.58 bits per heavy atom. The number of carbonyl (C=O) groups excluding carboxylic acids is 2. The lowest BCUT2D eigenvalue weighted by Crippen LogP contribution is -2.11. The second-order valence-electron chi connectivity index (χ2n) is 7.06. The maximum atomic E-state index is 12.1. The molecule has 1 aromatic carbocycles. The largest absolute Gasteiger partial charge is 0.507 e. The fraction of sp³-hybridized carbons (Fsp3) is 0.524. The van der Waals surface area contributed by atoms with Crippen LogP contribution in [0.3, 0.4) is 0 Å². The third kappa shape index (κ3) is 4.26. The van der Waals surface area contributed by atoms with E-state index in [0.717, 1.165) is 16.7 Å². The normalized spacial score (nSPS) is 13.9. The first-order valence-electron chi connectivity index (χ1n) is 9.05. The van der Waals surface area contributed by atoms with Gasteiger partial charge in [-0.05, 0) is 58.1 Å². The molecule has 0 saturated heterocycles. The molecule has 0 radical (unpaired) electrons. The summed E-state index contributed by atoms with van der Waals surface area (Å²) in [4.78, 5) is 23.8. The Morgan fingerprint density at radius 2 is 1.96 bits per heavy atom. The second-order valence-corrected chi connectivity index (χ2v) is 7.06. The molecule has 5 nitrogen and oxygen atoms in total. The minimum atomic E-state index is -0.216. The first-order chi connectivity index (χ1) is 12.3. The molecule has 0 saturated carbocycles. The van der Waals surface area contributed by atoms with E-state index in [1.165, 1.54) is 0 Å². The highest BCUT2D eigenvalue weighted by Gasteiger charge is 2.30. The van der Waals surface area contributed by atoms with Gasteiger partial charge in [0.25, 0.3) is 0 Å². The van der Waals surface area contributed by atoms with Crippen LogP contribution < -0.4 is 4.74 Å². The van der Waals surface area contributed by atoms with Gasteiger partial charge in [0, 0.05) is 18.4 Å². The third-order valence-corrected chi connectivity index (χ3v) is 4.72. The van der Waals surface area contributed by atoms with Crippen molar-refractivity contribution in [3.05, 3.63) is 33.9 Å². The standard InChI is InChI=1S/C21H28O5/c1-12(2)26-18(23)11-7-13(3)6-8-16-20(24)19-15(9-10-17(19)22)14(4)21(16)25-5/h6,12,24H,7-11H2,1-5H3/b13-6+. The molecule has 1 aromatic rings. The molecular weight excluding hydrogens is 332 g/mol. The van der Waals surface area contributed by atoms with Gasteiger partial charge in [-0.25, -0.2) is 0 Å². The van der Waals surface area contributed by atoms with Crippen molar-refractivity contribution >= 4 is 11.8 Å². The Hall–Kier alpha value is -2.30. The lowest BCUT2D eigenvalue weighted by molar-refractivity contribution is -0.147. The van der Waals surface area contributed by atoms with Crippen LogP contribution in [-0.2, 0) is 22.4 Å². The van der Waals surface area contributed by atoms with Crippen molar-refractivity contribution in [1.29, 1.82) is 0 Å². The molecule has 2 rings (SSSR count). The van der Waals surface area contributed by atoms with E-state index >= 15 is 0 Å². The number of rotatable bonds is 7. The molecule has 5 heteroatoms. The van der Waals surface area contributed by atoms with Crippen molar-refractivity contribution in [2.45, 2.75) is 65.9 Å². The first-order valence-corrected chi connectivity index (χ1v) is 9.05. The fourth-order valence-electron chi connectivity index (χ4n) is 3.39. The van der Waals surface area contributed by atoms with Gasteiger partial charge in [-0.3, -0.25) is 9.59 Å². The summed E-state index contributed by atoms with van der Waals surface area (Å²) in [5, 5.41) is 10.6. The van der Waals surface area contributed by atoms with Crippen molar-refractivity contribution in [2.75, 3.05) is 7.11 Å².